The Bertz CT molecular complexity index is 274. The molecular formula is C15H30F3N. The number of halogens is 3. The van der Waals surface area contributed by atoms with E-state index < -0.39 is 23.7 Å². The predicted octanol–water partition coefficient (Wildman–Crippen LogP) is 5.11. The van der Waals surface area contributed by atoms with Crippen LogP contribution in [0.15, 0.2) is 0 Å². The minimum Gasteiger partial charge on any atom is -0.290 e. The quantitative estimate of drug-likeness (QED) is 0.677. The molecule has 0 aromatic carbocycles. The third-order valence-corrected chi connectivity index (χ3v) is 3.83. The number of hydrogen-bond acceptors (Lipinski definition) is 1. The molecule has 0 aromatic heterocycles. The van der Waals surface area contributed by atoms with Crippen LogP contribution in [0.1, 0.15) is 61.3 Å². The fourth-order valence-corrected chi connectivity index (χ4v) is 2.28. The van der Waals surface area contributed by atoms with E-state index >= 15 is 0 Å². The Morgan fingerprint density at radius 3 is 1.58 bits per heavy atom. The predicted molar refractivity (Wildman–Crippen MR) is 75.2 cm³/mol. The van der Waals surface area contributed by atoms with E-state index in [1.807, 2.05) is 13.8 Å². The van der Waals surface area contributed by atoms with E-state index in [9.17, 15) is 13.2 Å². The van der Waals surface area contributed by atoms with Crippen molar-refractivity contribution in [2.45, 2.75) is 79.1 Å². The van der Waals surface area contributed by atoms with Crippen LogP contribution in [0.2, 0.25) is 0 Å². The van der Waals surface area contributed by atoms with Gasteiger partial charge in [0.05, 0.1) is 0 Å². The number of alkyl halides is 3. The molecule has 0 aliphatic rings. The van der Waals surface area contributed by atoms with Crippen LogP contribution in [0.4, 0.5) is 13.2 Å². The van der Waals surface area contributed by atoms with Gasteiger partial charge in [0.15, 0.2) is 0 Å². The van der Waals surface area contributed by atoms with E-state index in [2.05, 4.69) is 20.8 Å². The molecule has 0 unspecified atom stereocenters. The van der Waals surface area contributed by atoms with Crippen molar-refractivity contribution in [1.29, 1.82) is 0 Å². The van der Waals surface area contributed by atoms with Gasteiger partial charge < -0.3 is 0 Å². The minimum absolute atomic E-state index is 0.143. The van der Waals surface area contributed by atoms with Crippen molar-refractivity contribution in [3.63, 3.8) is 0 Å². The lowest BCUT2D eigenvalue weighted by Crippen LogP contribution is -2.55. The second-order valence-electron chi connectivity index (χ2n) is 7.71. The molecule has 0 spiro atoms. The van der Waals surface area contributed by atoms with Gasteiger partial charge in [-0.2, -0.15) is 13.2 Å². The van der Waals surface area contributed by atoms with Crippen LogP contribution in [0.5, 0.6) is 0 Å². The maximum atomic E-state index is 13.2. The topological polar surface area (TPSA) is 3.24 Å². The van der Waals surface area contributed by atoms with Crippen LogP contribution < -0.4 is 0 Å². The molecule has 19 heavy (non-hydrogen) atoms. The molecule has 0 fully saturated rings. The number of rotatable bonds is 5. The Labute approximate surface area is 116 Å². The lowest BCUT2D eigenvalue weighted by molar-refractivity contribution is -0.204. The third kappa shape index (κ3) is 6.15. The van der Waals surface area contributed by atoms with Crippen molar-refractivity contribution in [3.05, 3.63) is 0 Å². The van der Waals surface area contributed by atoms with Crippen molar-refractivity contribution >= 4 is 0 Å². The molecule has 0 saturated heterocycles. The molecule has 0 aliphatic heterocycles. The average Bonchev–Trinajstić information content (AvgIpc) is 2.10. The van der Waals surface area contributed by atoms with E-state index in [1.54, 1.807) is 20.9 Å². The molecule has 116 valence electrons. The standard InChI is InChI=1S/C15H30F3N/c1-11(2)12(15(16,17)18)19(8)14(6,7)10-9-13(3,4)5/h11-12H,9-10H2,1-8H3/t12-/m1/s1. The van der Waals surface area contributed by atoms with E-state index in [-0.39, 0.29) is 5.41 Å². The van der Waals surface area contributed by atoms with Gasteiger partial charge in [-0.25, -0.2) is 0 Å². The number of nitrogens with zero attached hydrogens (tertiary/aromatic N) is 1. The zero-order valence-corrected chi connectivity index (χ0v) is 13.7. The lowest BCUT2D eigenvalue weighted by Gasteiger charge is -2.44. The summed E-state index contributed by atoms with van der Waals surface area (Å²) in [5, 5.41) is 0. The molecule has 1 nitrogen and oxygen atoms in total. The van der Waals surface area contributed by atoms with Gasteiger partial charge in [-0.3, -0.25) is 4.90 Å². The van der Waals surface area contributed by atoms with Gasteiger partial charge >= 0.3 is 6.18 Å². The van der Waals surface area contributed by atoms with Gasteiger partial charge in [0.25, 0.3) is 0 Å². The molecule has 0 rings (SSSR count). The van der Waals surface area contributed by atoms with Crippen LogP contribution in [-0.4, -0.2) is 29.7 Å². The van der Waals surface area contributed by atoms with Crippen molar-refractivity contribution in [3.8, 4) is 0 Å². The summed E-state index contributed by atoms with van der Waals surface area (Å²) < 4.78 is 39.6. The normalized spacial score (nSPS) is 16.3. The lowest BCUT2D eigenvalue weighted by atomic mass is 9.83. The van der Waals surface area contributed by atoms with Gasteiger partial charge in [-0.15, -0.1) is 0 Å². The molecule has 0 aromatic rings. The Morgan fingerprint density at radius 1 is 0.895 bits per heavy atom. The van der Waals surface area contributed by atoms with Crippen LogP contribution in [0.25, 0.3) is 0 Å². The highest BCUT2D eigenvalue weighted by molar-refractivity contribution is 4.90. The fourth-order valence-electron chi connectivity index (χ4n) is 2.28. The average molecular weight is 281 g/mol. The van der Waals surface area contributed by atoms with Crippen molar-refractivity contribution in [1.82, 2.24) is 4.90 Å². The van der Waals surface area contributed by atoms with Crippen LogP contribution in [-0.2, 0) is 0 Å². The van der Waals surface area contributed by atoms with Crippen LogP contribution in [0.3, 0.4) is 0 Å². The molecular weight excluding hydrogens is 251 g/mol. The zero-order chi connectivity index (χ0) is 15.6. The molecule has 0 bridgehead atoms. The summed E-state index contributed by atoms with van der Waals surface area (Å²) in [6, 6.07) is -1.39. The van der Waals surface area contributed by atoms with Gasteiger partial charge in [-0.05, 0) is 45.1 Å². The van der Waals surface area contributed by atoms with E-state index in [0.717, 1.165) is 12.8 Å². The van der Waals surface area contributed by atoms with Gasteiger partial charge in [-0.1, -0.05) is 34.6 Å². The Morgan fingerprint density at radius 2 is 1.32 bits per heavy atom. The first-order valence-electron chi connectivity index (χ1n) is 6.98. The second kappa shape index (κ2) is 6.02. The van der Waals surface area contributed by atoms with E-state index in [4.69, 9.17) is 0 Å². The Kier molecular flexibility index (Phi) is 5.95. The maximum absolute atomic E-state index is 13.2. The monoisotopic (exact) mass is 281 g/mol. The molecule has 0 aliphatic carbocycles. The zero-order valence-electron chi connectivity index (χ0n) is 13.7. The summed E-state index contributed by atoms with van der Waals surface area (Å²) in [6.07, 6.45) is -2.51. The van der Waals surface area contributed by atoms with Gasteiger partial charge in [0.2, 0.25) is 0 Å². The first-order chi connectivity index (χ1) is 8.18. The summed E-state index contributed by atoms with van der Waals surface area (Å²) in [5.41, 5.74) is -0.318. The highest BCUT2D eigenvalue weighted by Gasteiger charge is 2.47. The third-order valence-electron chi connectivity index (χ3n) is 3.83. The van der Waals surface area contributed by atoms with Crippen molar-refractivity contribution in [2.24, 2.45) is 11.3 Å². The molecule has 4 heteroatoms. The van der Waals surface area contributed by atoms with Crippen LogP contribution >= 0.6 is 0 Å². The largest absolute Gasteiger partial charge is 0.404 e. The Hall–Kier alpha value is -0.250. The maximum Gasteiger partial charge on any atom is 0.404 e. The molecule has 1 atom stereocenters. The highest BCUT2D eigenvalue weighted by Crippen LogP contribution is 2.36. The summed E-state index contributed by atoms with van der Waals surface area (Å²) in [7, 11) is 1.60. The SMILES string of the molecule is CC(C)[C@@H](N(C)C(C)(C)CCC(C)(C)C)C(F)(F)F. The Balaban J connectivity index is 4.97. The number of hydrogen-bond donors (Lipinski definition) is 0. The molecule has 0 N–H and O–H groups in total. The smallest absolute Gasteiger partial charge is 0.290 e. The first-order valence-corrected chi connectivity index (χ1v) is 6.98. The second-order valence-corrected chi connectivity index (χ2v) is 7.71. The summed E-state index contributed by atoms with van der Waals surface area (Å²) in [6.45, 7) is 13.4. The molecule has 0 heterocycles. The van der Waals surface area contributed by atoms with Gasteiger partial charge in [0, 0.05) is 5.54 Å². The minimum atomic E-state index is -4.18. The molecule has 0 saturated carbocycles. The first kappa shape index (κ1) is 18.8. The summed E-state index contributed by atoms with van der Waals surface area (Å²) in [5.74, 6) is -0.445. The van der Waals surface area contributed by atoms with E-state index in [0.29, 0.717) is 0 Å². The fraction of sp³-hybridized carbons (Fsp3) is 1.00. The molecule has 0 amide bonds. The van der Waals surface area contributed by atoms with E-state index in [1.165, 1.54) is 4.90 Å². The summed E-state index contributed by atoms with van der Waals surface area (Å²) in [4.78, 5) is 1.50. The van der Waals surface area contributed by atoms with Crippen molar-refractivity contribution < 1.29 is 13.2 Å². The van der Waals surface area contributed by atoms with Crippen LogP contribution in [0, 0.1) is 11.3 Å². The van der Waals surface area contributed by atoms with Gasteiger partial charge in [0.1, 0.15) is 6.04 Å². The summed E-state index contributed by atoms with van der Waals surface area (Å²) >= 11 is 0. The molecule has 0 radical (unpaired) electrons. The highest BCUT2D eigenvalue weighted by atomic mass is 19.4. The van der Waals surface area contributed by atoms with Crippen molar-refractivity contribution in [2.75, 3.05) is 7.05 Å².